The minimum atomic E-state index is -0.265. The fourth-order valence-corrected chi connectivity index (χ4v) is 5.18. The van der Waals surface area contributed by atoms with E-state index in [1.54, 1.807) is 18.9 Å². The number of nitrogens with zero attached hydrogens (tertiary/aromatic N) is 2. The Morgan fingerprint density at radius 3 is 2.33 bits per heavy atom. The van der Waals surface area contributed by atoms with Gasteiger partial charge in [0.2, 0.25) is 5.91 Å². The zero-order valence-corrected chi connectivity index (χ0v) is 16.1. The number of benzene rings is 2. The molecule has 2 saturated heterocycles. The van der Waals surface area contributed by atoms with E-state index in [2.05, 4.69) is 0 Å². The normalized spacial score (nSPS) is 18.8. The number of likely N-dealkylation sites (tertiary alicyclic amines) is 1. The molecule has 140 valence electrons. The van der Waals surface area contributed by atoms with Crippen LogP contribution in [0.4, 0.5) is 5.69 Å². The largest absolute Gasteiger partial charge is 0.497 e. The van der Waals surface area contributed by atoms with Gasteiger partial charge < -0.3 is 9.64 Å². The lowest BCUT2D eigenvalue weighted by Crippen LogP contribution is -2.53. The first-order chi connectivity index (χ1) is 13.1. The summed E-state index contributed by atoms with van der Waals surface area (Å²) in [6.07, 6.45) is 1.54. The Hall–Kier alpha value is -2.47. The van der Waals surface area contributed by atoms with Crippen LogP contribution in [0.2, 0.25) is 0 Å². The summed E-state index contributed by atoms with van der Waals surface area (Å²) in [4.78, 5) is 28.9. The number of carbonyl (C=O) groups excluding carboxylic acids is 2. The van der Waals surface area contributed by atoms with E-state index in [-0.39, 0.29) is 16.7 Å². The highest BCUT2D eigenvalue weighted by Gasteiger charge is 2.49. The van der Waals surface area contributed by atoms with Gasteiger partial charge in [0.25, 0.3) is 5.91 Å². The SMILES string of the molecule is COc1ccc(N2C(=O)CSC23CCN(C(=O)c2ccccc2)CC3)cc1. The van der Waals surface area contributed by atoms with Crippen molar-refractivity contribution in [3.05, 3.63) is 60.2 Å². The van der Waals surface area contributed by atoms with Crippen LogP contribution in [0.15, 0.2) is 54.6 Å². The Morgan fingerprint density at radius 2 is 1.70 bits per heavy atom. The number of carbonyl (C=O) groups is 2. The number of hydrogen-bond acceptors (Lipinski definition) is 4. The molecule has 0 N–H and O–H groups in total. The molecule has 4 rings (SSSR count). The summed E-state index contributed by atoms with van der Waals surface area (Å²) in [6.45, 7) is 1.31. The Bertz CT molecular complexity index is 830. The fourth-order valence-electron chi connectivity index (χ4n) is 3.85. The number of hydrogen-bond donors (Lipinski definition) is 0. The molecule has 0 aromatic heterocycles. The molecular formula is C21H22N2O3S. The smallest absolute Gasteiger partial charge is 0.253 e. The Morgan fingerprint density at radius 1 is 1.04 bits per heavy atom. The van der Waals surface area contributed by atoms with E-state index in [9.17, 15) is 9.59 Å². The van der Waals surface area contributed by atoms with E-state index in [1.807, 2.05) is 64.4 Å². The topological polar surface area (TPSA) is 49.9 Å². The van der Waals surface area contributed by atoms with Crippen LogP contribution >= 0.6 is 11.8 Å². The standard InChI is InChI=1S/C21H22N2O3S/c1-26-18-9-7-17(8-10-18)23-19(24)15-27-21(23)11-13-22(14-12-21)20(25)16-5-3-2-4-6-16/h2-10H,11-15H2,1H3. The van der Waals surface area contributed by atoms with Crippen molar-refractivity contribution in [2.75, 3.05) is 30.9 Å². The maximum atomic E-state index is 12.7. The van der Waals surface area contributed by atoms with Crippen LogP contribution < -0.4 is 9.64 Å². The Kier molecular flexibility index (Phi) is 4.83. The molecule has 2 aliphatic rings. The molecule has 2 aromatic carbocycles. The molecule has 0 radical (unpaired) electrons. The summed E-state index contributed by atoms with van der Waals surface area (Å²) in [5, 5.41) is 0. The van der Waals surface area contributed by atoms with Gasteiger partial charge in [0.05, 0.1) is 17.7 Å². The van der Waals surface area contributed by atoms with Crippen LogP contribution in [-0.2, 0) is 4.79 Å². The number of ether oxygens (including phenoxy) is 1. The van der Waals surface area contributed by atoms with E-state index in [4.69, 9.17) is 4.74 Å². The number of amides is 2. The molecule has 0 saturated carbocycles. The summed E-state index contributed by atoms with van der Waals surface area (Å²) < 4.78 is 5.23. The third-order valence-corrected chi connectivity index (χ3v) is 6.82. The molecule has 27 heavy (non-hydrogen) atoms. The van der Waals surface area contributed by atoms with E-state index < -0.39 is 0 Å². The third-order valence-electron chi connectivity index (χ3n) is 5.30. The molecule has 5 nitrogen and oxygen atoms in total. The van der Waals surface area contributed by atoms with Crippen molar-refractivity contribution in [2.45, 2.75) is 17.7 Å². The fraction of sp³-hybridized carbons (Fsp3) is 0.333. The van der Waals surface area contributed by atoms with Crippen LogP contribution in [0.25, 0.3) is 0 Å². The monoisotopic (exact) mass is 382 g/mol. The summed E-state index contributed by atoms with van der Waals surface area (Å²) >= 11 is 1.70. The number of piperidine rings is 1. The number of methoxy groups -OCH3 is 1. The lowest BCUT2D eigenvalue weighted by atomic mass is 10.00. The predicted octanol–water partition coefficient (Wildman–Crippen LogP) is 3.41. The molecule has 0 unspecified atom stereocenters. The summed E-state index contributed by atoms with van der Waals surface area (Å²) in [7, 11) is 1.63. The van der Waals surface area contributed by atoms with Gasteiger partial charge in [-0.1, -0.05) is 18.2 Å². The van der Waals surface area contributed by atoms with Gasteiger partial charge in [0.15, 0.2) is 0 Å². The van der Waals surface area contributed by atoms with Gasteiger partial charge in [0.1, 0.15) is 5.75 Å². The number of anilines is 1. The maximum Gasteiger partial charge on any atom is 0.253 e. The Balaban J connectivity index is 1.51. The highest BCUT2D eigenvalue weighted by molar-refractivity contribution is 8.02. The van der Waals surface area contributed by atoms with Gasteiger partial charge in [-0.05, 0) is 49.2 Å². The summed E-state index contributed by atoms with van der Waals surface area (Å²) in [6, 6.07) is 17.0. The number of thioether (sulfide) groups is 1. The average molecular weight is 382 g/mol. The van der Waals surface area contributed by atoms with Crippen LogP contribution in [-0.4, -0.2) is 47.5 Å². The first-order valence-electron chi connectivity index (χ1n) is 9.08. The predicted molar refractivity (Wildman–Crippen MR) is 107 cm³/mol. The van der Waals surface area contributed by atoms with Crippen molar-refractivity contribution < 1.29 is 14.3 Å². The first-order valence-corrected chi connectivity index (χ1v) is 10.1. The molecular weight excluding hydrogens is 360 g/mol. The molecule has 2 aromatic rings. The highest BCUT2D eigenvalue weighted by Crippen LogP contribution is 2.47. The van der Waals surface area contributed by atoms with Crippen LogP contribution in [0.1, 0.15) is 23.2 Å². The second-order valence-corrected chi connectivity index (χ2v) is 8.16. The van der Waals surface area contributed by atoms with Crippen molar-refractivity contribution in [2.24, 2.45) is 0 Å². The van der Waals surface area contributed by atoms with Gasteiger partial charge in [-0.3, -0.25) is 14.5 Å². The van der Waals surface area contributed by atoms with Gasteiger partial charge in [-0.15, -0.1) is 11.8 Å². The second-order valence-electron chi connectivity index (χ2n) is 6.82. The van der Waals surface area contributed by atoms with Crippen molar-refractivity contribution in [1.82, 2.24) is 4.90 Å². The zero-order chi connectivity index (χ0) is 18.9. The highest BCUT2D eigenvalue weighted by atomic mass is 32.2. The maximum absolute atomic E-state index is 12.7. The first kappa shape index (κ1) is 17.9. The quantitative estimate of drug-likeness (QED) is 0.816. The lowest BCUT2D eigenvalue weighted by Gasteiger charge is -2.44. The lowest BCUT2D eigenvalue weighted by molar-refractivity contribution is -0.116. The van der Waals surface area contributed by atoms with E-state index in [0.29, 0.717) is 18.8 Å². The molecule has 6 heteroatoms. The summed E-state index contributed by atoms with van der Waals surface area (Å²) in [5.41, 5.74) is 1.62. The van der Waals surface area contributed by atoms with E-state index in [0.717, 1.165) is 29.8 Å². The van der Waals surface area contributed by atoms with Gasteiger partial charge in [-0.2, -0.15) is 0 Å². The molecule has 0 aliphatic carbocycles. The Labute approximate surface area is 163 Å². The van der Waals surface area contributed by atoms with Crippen LogP contribution in [0.5, 0.6) is 5.75 Å². The molecule has 0 bridgehead atoms. The minimum Gasteiger partial charge on any atom is -0.497 e. The zero-order valence-electron chi connectivity index (χ0n) is 15.3. The minimum absolute atomic E-state index is 0.0655. The molecule has 1 spiro atoms. The van der Waals surface area contributed by atoms with Crippen LogP contribution in [0, 0.1) is 0 Å². The summed E-state index contributed by atoms with van der Waals surface area (Å²) in [5.74, 6) is 1.46. The van der Waals surface area contributed by atoms with Crippen molar-refractivity contribution in [3.8, 4) is 5.75 Å². The molecule has 2 fully saturated rings. The van der Waals surface area contributed by atoms with E-state index in [1.165, 1.54) is 0 Å². The van der Waals surface area contributed by atoms with E-state index >= 15 is 0 Å². The van der Waals surface area contributed by atoms with Crippen molar-refractivity contribution in [3.63, 3.8) is 0 Å². The molecule has 2 heterocycles. The van der Waals surface area contributed by atoms with Crippen LogP contribution in [0.3, 0.4) is 0 Å². The number of rotatable bonds is 3. The van der Waals surface area contributed by atoms with Crippen molar-refractivity contribution in [1.29, 1.82) is 0 Å². The van der Waals surface area contributed by atoms with Gasteiger partial charge in [-0.25, -0.2) is 0 Å². The molecule has 0 atom stereocenters. The molecule has 2 aliphatic heterocycles. The third kappa shape index (κ3) is 3.30. The average Bonchev–Trinajstić information content (AvgIpc) is 3.04. The van der Waals surface area contributed by atoms with Gasteiger partial charge >= 0.3 is 0 Å². The molecule has 2 amide bonds. The van der Waals surface area contributed by atoms with Gasteiger partial charge in [0, 0.05) is 24.3 Å². The van der Waals surface area contributed by atoms with Crippen molar-refractivity contribution >= 4 is 29.3 Å². The second kappa shape index (κ2) is 7.27.